The SMILES string of the molecule is COc1ccc(-c2ccc(=O)n3c2[C@H]2C[C@@H](CN(Cc4cccc(C#N)c4)C2)C3)cc1. The van der Waals surface area contributed by atoms with E-state index in [1.54, 1.807) is 13.2 Å². The molecule has 0 spiro atoms. The van der Waals surface area contributed by atoms with Gasteiger partial charge in [-0.3, -0.25) is 9.69 Å². The molecule has 31 heavy (non-hydrogen) atoms. The van der Waals surface area contributed by atoms with Crippen molar-refractivity contribution in [3.8, 4) is 22.9 Å². The van der Waals surface area contributed by atoms with Crippen LogP contribution in [0.4, 0.5) is 0 Å². The number of pyridine rings is 1. The van der Waals surface area contributed by atoms with Gasteiger partial charge in [0.2, 0.25) is 0 Å². The van der Waals surface area contributed by atoms with E-state index < -0.39 is 0 Å². The Morgan fingerprint density at radius 3 is 2.68 bits per heavy atom. The molecular formula is C26H25N3O2. The lowest BCUT2D eigenvalue weighted by atomic mass is 9.80. The van der Waals surface area contributed by atoms with E-state index in [0.29, 0.717) is 17.4 Å². The summed E-state index contributed by atoms with van der Waals surface area (Å²) in [4.78, 5) is 15.2. The summed E-state index contributed by atoms with van der Waals surface area (Å²) >= 11 is 0. The molecule has 0 radical (unpaired) electrons. The van der Waals surface area contributed by atoms with Crippen molar-refractivity contribution >= 4 is 0 Å². The lowest BCUT2D eigenvalue weighted by Crippen LogP contribution is -2.47. The number of piperidine rings is 1. The minimum absolute atomic E-state index is 0.0946. The lowest BCUT2D eigenvalue weighted by molar-refractivity contribution is 0.115. The number of nitriles is 1. The van der Waals surface area contributed by atoms with Crippen LogP contribution in [0.5, 0.6) is 5.75 Å². The zero-order chi connectivity index (χ0) is 21.4. The van der Waals surface area contributed by atoms with Crippen LogP contribution in [-0.4, -0.2) is 29.7 Å². The molecule has 2 atom stereocenters. The Labute approximate surface area is 182 Å². The number of methoxy groups -OCH3 is 1. The van der Waals surface area contributed by atoms with Gasteiger partial charge in [0.25, 0.3) is 5.56 Å². The highest BCUT2D eigenvalue weighted by Gasteiger charge is 2.36. The first kappa shape index (κ1) is 19.6. The van der Waals surface area contributed by atoms with Gasteiger partial charge in [-0.15, -0.1) is 0 Å². The van der Waals surface area contributed by atoms with E-state index in [1.165, 1.54) is 5.56 Å². The van der Waals surface area contributed by atoms with Crippen LogP contribution in [0.25, 0.3) is 11.1 Å². The van der Waals surface area contributed by atoms with Crippen molar-refractivity contribution in [2.75, 3.05) is 20.2 Å². The van der Waals surface area contributed by atoms with E-state index in [4.69, 9.17) is 4.74 Å². The van der Waals surface area contributed by atoms with Crippen molar-refractivity contribution in [1.29, 1.82) is 5.26 Å². The fourth-order valence-corrected chi connectivity index (χ4v) is 5.26. The first-order chi connectivity index (χ1) is 15.1. The third kappa shape index (κ3) is 3.75. The molecule has 156 valence electrons. The largest absolute Gasteiger partial charge is 0.497 e. The van der Waals surface area contributed by atoms with Gasteiger partial charge in [0.05, 0.1) is 18.7 Å². The smallest absolute Gasteiger partial charge is 0.250 e. The molecule has 2 aromatic carbocycles. The predicted octanol–water partition coefficient (Wildman–Crippen LogP) is 4.01. The van der Waals surface area contributed by atoms with Crippen molar-refractivity contribution in [3.05, 3.63) is 87.8 Å². The summed E-state index contributed by atoms with van der Waals surface area (Å²) in [6, 6.07) is 21.9. The zero-order valence-corrected chi connectivity index (χ0v) is 17.6. The van der Waals surface area contributed by atoms with Crippen LogP contribution in [-0.2, 0) is 13.1 Å². The second-order valence-corrected chi connectivity index (χ2v) is 8.61. The fraction of sp³-hybridized carbons (Fsp3) is 0.308. The summed E-state index contributed by atoms with van der Waals surface area (Å²) < 4.78 is 7.31. The molecule has 2 bridgehead atoms. The monoisotopic (exact) mass is 411 g/mol. The summed E-state index contributed by atoms with van der Waals surface area (Å²) in [6.07, 6.45) is 1.11. The number of benzene rings is 2. The number of ether oxygens (including phenoxy) is 1. The number of aromatic nitrogens is 1. The molecule has 5 rings (SSSR count). The van der Waals surface area contributed by atoms with Crippen LogP contribution >= 0.6 is 0 Å². The maximum absolute atomic E-state index is 12.7. The summed E-state index contributed by atoms with van der Waals surface area (Å²) in [5.41, 5.74) is 5.37. The molecule has 1 fully saturated rings. The van der Waals surface area contributed by atoms with E-state index in [0.717, 1.165) is 55.2 Å². The summed E-state index contributed by atoms with van der Waals surface area (Å²) in [6.45, 7) is 3.49. The van der Waals surface area contributed by atoms with Crippen molar-refractivity contribution in [3.63, 3.8) is 0 Å². The fourth-order valence-electron chi connectivity index (χ4n) is 5.26. The molecule has 0 aliphatic carbocycles. The summed E-state index contributed by atoms with van der Waals surface area (Å²) in [5, 5.41) is 9.20. The van der Waals surface area contributed by atoms with Crippen molar-refractivity contribution in [2.45, 2.75) is 25.4 Å². The molecule has 5 nitrogen and oxygen atoms in total. The van der Waals surface area contributed by atoms with E-state index >= 15 is 0 Å². The van der Waals surface area contributed by atoms with Gasteiger partial charge in [0.1, 0.15) is 5.75 Å². The number of likely N-dealkylation sites (tertiary alicyclic amines) is 1. The van der Waals surface area contributed by atoms with E-state index in [1.807, 2.05) is 41.0 Å². The maximum atomic E-state index is 12.7. The van der Waals surface area contributed by atoms with Gasteiger partial charge in [-0.1, -0.05) is 24.3 Å². The standard InChI is InChI=1S/C26H25N3O2/c1-31-23-7-5-21(6-8-23)24-9-10-25(30)29-16-20-12-22(26(24)29)17-28(15-20)14-19-4-2-3-18(11-19)13-27/h2-11,20,22H,12,14-17H2,1H3/t20-,22-/m0/s1. The third-order valence-electron chi connectivity index (χ3n) is 6.53. The Bertz CT molecular complexity index is 1210. The number of hydrogen-bond acceptors (Lipinski definition) is 4. The molecule has 5 heteroatoms. The van der Waals surface area contributed by atoms with E-state index in [2.05, 4.69) is 29.2 Å². The maximum Gasteiger partial charge on any atom is 0.250 e. The summed E-state index contributed by atoms with van der Waals surface area (Å²) in [5.74, 6) is 1.61. The Hall–Kier alpha value is -3.36. The molecular weight excluding hydrogens is 386 g/mol. The Morgan fingerprint density at radius 2 is 1.90 bits per heavy atom. The highest BCUT2D eigenvalue weighted by Crippen LogP contribution is 2.40. The minimum Gasteiger partial charge on any atom is -0.497 e. The van der Waals surface area contributed by atoms with Crippen LogP contribution in [0.15, 0.2) is 65.5 Å². The highest BCUT2D eigenvalue weighted by molar-refractivity contribution is 5.67. The quantitative estimate of drug-likeness (QED) is 0.651. The van der Waals surface area contributed by atoms with Crippen LogP contribution in [0, 0.1) is 17.2 Å². The van der Waals surface area contributed by atoms with Crippen molar-refractivity contribution in [2.24, 2.45) is 5.92 Å². The van der Waals surface area contributed by atoms with Crippen LogP contribution in [0.2, 0.25) is 0 Å². The van der Waals surface area contributed by atoms with Gasteiger partial charge < -0.3 is 9.30 Å². The molecule has 3 heterocycles. The zero-order valence-electron chi connectivity index (χ0n) is 17.6. The highest BCUT2D eigenvalue weighted by atomic mass is 16.5. The Balaban J connectivity index is 1.48. The average molecular weight is 412 g/mol. The number of rotatable bonds is 4. The molecule has 1 aromatic heterocycles. The first-order valence-corrected chi connectivity index (χ1v) is 10.7. The molecule has 0 saturated carbocycles. The second-order valence-electron chi connectivity index (χ2n) is 8.61. The Kier molecular flexibility index (Phi) is 5.09. The third-order valence-corrected chi connectivity index (χ3v) is 6.53. The van der Waals surface area contributed by atoms with Gasteiger partial charge in [-0.05, 0) is 53.8 Å². The van der Waals surface area contributed by atoms with Gasteiger partial charge in [0.15, 0.2) is 0 Å². The van der Waals surface area contributed by atoms with Crippen LogP contribution in [0.1, 0.15) is 29.2 Å². The van der Waals surface area contributed by atoms with Gasteiger partial charge in [-0.25, -0.2) is 0 Å². The van der Waals surface area contributed by atoms with Gasteiger partial charge in [-0.2, -0.15) is 5.26 Å². The first-order valence-electron chi connectivity index (χ1n) is 10.7. The van der Waals surface area contributed by atoms with Gasteiger partial charge in [0, 0.05) is 49.4 Å². The molecule has 2 aliphatic heterocycles. The molecule has 0 unspecified atom stereocenters. The lowest BCUT2D eigenvalue weighted by Gasteiger charge is -2.43. The van der Waals surface area contributed by atoms with Crippen molar-refractivity contribution < 1.29 is 4.74 Å². The topological polar surface area (TPSA) is 58.3 Å². The number of nitrogens with zero attached hydrogens (tertiary/aromatic N) is 3. The van der Waals surface area contributed by atoms with Crippen LogP contribution < -0.4 is 10.3 Å². The predicted molar refractivity (Wildman–Crippen MR) is 120 cm³/mol. The molecule has 2 aliphatic rings. The second kappa shape index (κ2) is 8.05. The van der Waals surface area contributed by atoms with Gasteiger partial charge >= 0.3 is 0 Å². The Morgan fingerprint density at radius 1 is 1.06 bits per heavy atom. The molecule has 0 amide bonds. The number of hydrogen-bond donors (Lipinski definition) is 0. The molecule has 0 N–H and O–H groups in total. The average Bonchev–Trinajstić information content (AvgIpc) is 2.80. The van der Waals surface area contributed by atoms with E-state index in [9.17, 15) is 10.1 Å². The van der Waals surface area contributed by atoms with E-state index in [-0.39, 0.29) is 5.56 Å². The minimum atomic E-state index is 0.0946. The molecule has 1 saturated heterocycles. The van der Waals surface area contributed by atoms with Crippen LogP contribution in [0.3, 0.4) is 0 Å². The van der Waals surface area contributed by atoms with Crippen molar-refractivity contribution in [1.82, 2.24) is 9.47 Å². The molecule has 3 aromatic rings. The normalized spacial score (nSPS) is 20.0. The number of fused-ring (bicyclic) bond motifs is 4. The summed E-state index contributed by atoms with van der Waals surface area (Å²) in [7, 11) is 1.67.